The van der Waals surface area contributed by atoms with Gasteiger partial charge in [0.05, 0.1) is 6.04 Å². The van der Waals surface area contributed by atoms with Gasteiger partial charge in [-0.3, -0.25) is 4.79 Å². The highest BCUT2D eigenvalue weighted by Gasteiger charge is 2.17. The third kappa shape index (κ3) is 3.80. The topological polar surface area (TPSA) is 38.3 Å². The molecule has 3 nitrogen and oxygen atoms in total. The van der Waals surface area contributed by atoms with Crippen molar-refractivity contribution in [3.63, 3.8) is 0 Å². The Balaban J connectivity index is 2.24. The molecule has 0 aliphatic rings. The van der Waals surface area contributed by atoms with Crippen LogP contribution in [0.2, 0.25) is 5.02 Å². The number of halogens is 1. The molecule has 1 aromatic heterocycles. The molecule has 0 radical (unpaired) electrons. The summed E-state index contributed by atoms with van der Waals surface area (Å²) in [7, 11) is 1.50. The lowest BCUT2D eigenvalue weighted by molar-refractivity contribution is -0.125. The van der Waals surface area contributed by atoms with E-state index in [0.717, 1.165) is 10.4 Å². The van der Waals surface area contributed by atoms with Crippen molar-refractivity contribution in [2.75, 3.05) is 13.7 Å². The molecule has 2 rings (SSSR count). The van der Waals surface area contributed by atoms with Crippen molar-refractivity contribution < 1.29 is 9.53 Å². The molecule has 0 fully saturated rings. The van der Waals surface area contributed by atoms with Gasteiger partial charge in [0.25, 0.3) is 0 Å². The number of carbonyl (C=O) groups excluding carboxylic acids is 1. The van der Waals surface area contributed by atoms with E-state index in [1.165, 1.54) is 7.11 Å². The molecule has 0 aliphatic carbocycles. The number of amides is 1. The van der Waals surface area contributed by atoms with Crippen LogP contribution >= 0.6 is 22.9 Å². The molecular formula is C14H14ClNO2S. The fraction of sp³-hybridized carbons (Fsp3) is 0.214. The van der Waals surface area contributed by atoms with E-state index in [0.29, 0.717) is 5.02 Å². The SMILES string of the molecule is COCC(=O)N[C@H](c1ccc(Cl)cc1)c1cccs1. The Morgan fingerprint density at radius 1 is 1.37 bits per heavy atom. The fourth-order valence-electron chi connectivity index (χ4n) is 1.76. The average molecular weight is 296 g/mol. The summed E-state index contributed by atoms with van der Waals surface area (Å²) in [6.07, 6.45) is 0. The van der Waals surface area contributed by atoms with Gasteiger partial charge in [0.1, 0.15) is 6.61 Å². The predicted octanol–water partition coefficient (Wildman–Crippen LogP) is 3.25. The van der Waals surface area contributed by atoms with E-state index in [9.17, 15) is 4.79 Å². The zero-order chi connectivity index (χ0) is 13.7. The summed E-state index contributed by atoms with van der Waals surface area (Å²) in [6, 6.07) is 11.3. The first-order chi connectivity index (χ1) is 9.20. The molecular weight excluding hydrogens is 282 g/mol. The summed E-state index contributed by atoms with van der Waals surface area (Å²) in [6.45, 7) is 0.0511. The van der Waals surface area contributed by atoms with Crippen molar-refractivity contribution in [3.8, 4) is 0 Å². The van der Waals surface area contributed by atoms with E-state index in [-0.39, 0.29) is 18.6 Å². The second-order valence-corrected chi connectivity index (χ2v) is 5.42. The van der Waals surface area contributed by atoms with Gasteiger partial charge in [0.15, 0.2) is 0 Å². The Bertz CT molecular complexity index is 525. The van der Waals surface area contributed by atoms with Gasteiger partial charge in [-0.15, -0.1) is 11.3 Å². The molecule has 0 saturated heterocycles. The van der Waals surface area contributed by atoms with Gasteiger partial charge >= 0.3 is 0 Å². The van der Waals surface area contributed by atoms with E-state index in [1.54, 1.807) is 11.3 Å². The number of thiophene rings is 1. The van der Waals surface area contributed by atoms with Crippen LogP contribution in [0.3, 0.4) is 0 Å². The van der Waals surface area contributed by atoms with E-state index in [2.05, 4.69) is 5.32 Å². The Hall–Kier alpha value is -1.36. The Labute approximate surface area is 121 Å². The molecule has 1 atom stereocenters. The number of hydrogen-bond acceptors (Lipinski definition) is 3. The van der Waals surface area contributed by atoms with Gasteiger partial charge in [0, 0.05) is 17.0 Å². The van der Waals surface area contributed by atoms with E-state index in [1.807, 2.05) is 41.8 Å². The minimum atomic E-state index is -0.167. The van der Waals surface area contributed by atoms with Crippen LogP contribution in [-0.2, 0) is 9.53 Å². The lowest BCUT2D eigenvalue weighted by Crippen LogP contribution is -2.31. The van der Waals surface area contributed by atoms with Gasteiger partial charge in [-0.05, 0) is 29.1 Å². The molecule has 0 bridgehead atoms. The van der Waals surface area contributed by atoms with E-state index in [4.69, 9.17) is 16.3 Å². The first kappa shape index (κ1) is 14.1. The van der Waals surface area contributed by atoms with Gasteiger partial charge in [-0.1, -0.05) is 29.8 Å². The average Bonchev–Trinajstić information content (AvgIpc) is 2.91. The van der Waals surface area contributed by atoms with Gasteiger partial charge in [0.2, 0.25) is 5.91 Å². The van der Waals surface area contributed by atoms with Crippen molar-refractivity contribution in [1.82, 2.24) is 5.32 Å². The summed E-state index contributed by atoms with van der Waals surface area (Å²) in [5.41, 5.74) is 0.997. The predicted molar refractivity (Wildman–Crippen MR) is 77.6 cm³/mol. The summed E-state index contributed by atoms with van der Waals surface area (Å²) in [5.74, 6) is -0.143. The maximum Gasteiger partial charge on any atom is 0.246 e. The first-order valence-corrected chi connectivity index (χ1v) is 7.03. The molecule has 1 N–H and O–H groups in total. The highest BCUT2D eigenvalue weighted by Crippen LogP contribution is 2.26. The number of nitrogens with one attached hydrogen (secondary N) is 1. The van der Waals surface area contributed by atoms with E-state index >= 15 is 0 Å². The highest BCUT2D eigenvalue weighted by molar-refractivity contribution is 7.10. The van der Waals surface area contributed by atoms with Crippen molar-refractivity contribution in [2.24, 2.45) is 0 Å². The largest absolute Gasteiger partial charge is 0.375 e. The molecule has 19 heavy (non-hydrogen) atoms. The molecule has 0 spiro atoms. The second kappa shape index (κ2) is 6.70. The number of rotatable bonds is 5. The Morgan fingerprint density at radius 3 is 2.68 bits per heavy atom. The molecule has 100 valence electrons. The summed E-state index contributed by atoms with van der Waals surface area (Å²) in [4.78, 5) is 12.8. The lowest BCUT2D eigenvalue weighted by Gasteiger charge is -2.18. The second-order valence-electron chi connectivity index (χ2n) is 4.00. The summed E-state index contributed by atoms with van der Waals surface area (Å²) in [5, 5.41) is 5.62. The monoisotopic (exact) mass is 295 g/mol. The summed E-state index contributed by atoms with van der Waals surface area (Å²) < 4.78 is 4.85. The Kier molecular flexibility index (Phi) is 4.96. The molecule has 0 aliphatic heterocycles. The van der Waals surface area contributed by atoms with Crippen LogP contribution in [0.15, 0.2) is 41.8 Å². The van der Waals surface area contributed by atoms with Crippen LogP contribution in [-0.4, -0.2) is 19.6 Å². The van der Waals surface area contributed by atoms with Crippen molar-refractivity contribution in [3.05, 3.63) is 57.2 Å². The number of benzene rings is 1. The highest BCUT2D eigenvalue weighted by atomic mass is 35.5. The maximum atomic E-state index is 11.7. The molecule has 2 aromatic rings. The number of carbonyl (C=O) groups is 1. The van der Waals surface area contributed by atoms with Gasteiger partial charge in [-0.25, -0.2) is 0 Å². The minimum absolute atomic E-state index is 0.0511. The van der Waals surface area contributed by atoms with Crippen molar-refractivity contribution >= 4 is 28.8 Å². The normalized spacial score (nSPS) is 12.1. The standard InChI is InChI=1S/C14H14ClNO2S/c1-18-9-13(17)16-14(12-3-2-8-19-12)10-4-6-11(15)7-5-10/h2-8,14H,9H2,1H3,(H,16,17)/t14-/m1/s1. The first-order valence-electron chi connectivity index (χ1n) is 5.78. The molecule has 0 saturated carbocycles. The third-order valence-electron chi connectivity index (χ3n) is 2.61. The minimum Gasteiger partial charge on any atom is -0.375 e. The molecule has 1 aromatic carbocycles. The molecule has 1 amide bonds. The molecule has 1 heterocycles. The van der Waals surface area contributed by atoms with Gasteiger partial charge in [-0.2, -0.15) is 0 Å². The van der Waals surface area contributed by atoms with Crippen LogP contribution in [0.4, 0.5) is 0 Å². The number of ether oxygens (including phenoxy) is 1. The zero-order valence-corrected chi connectivity index (χ0v) is 12.0. The van der Waals surface area contributed by atoms with Gasteiger partial charge < -0.3 is 10.1 Å². The smallest absolute Gasteiger partial charge is 0.246 e. The number of hydrogen-bond donors (Lipinski definition) is 1. The van der Waals surface area contributed by atoms with Crippen molar-refractivity contribution in [1.29, 1.82) is 0 Å². The van der Waals surface area contributed by atoms with Crippen LogP contribution < -0.4 is 5.32 Å². The fourth-order valence-corrected chi connectivity index (χ4v) is 2.69. The molecule has 0 unspecified atom stereocenters. The summed E-state index contributed by atoms with van der Waals surface area (Å²) >= 11 is 7.49. The quantitative estimate of drug-likeness (QED) is 0.919. The zero-order valence-electron chi connectivity index (χ0n) is 10.4. The number of methoxy groups -OCH3 is 1. The van der Waals surface area contributed by atoms with E-state index < -0.39 is 0 Å². The van der Waals surface area contributed by atoms with Crippen LogP contribution in [0.25, 0.3) is 0 Å². The third-order valence-corrected chi connectivity index (χ3v) is 3.80. The van der Waals surface area contributed by atoms with Crippen LogP contribution in [0.1, 0.15) is 16.5 Å². The lowest BCUT2D eigenvalue weighted by atomic mass is 10.1. The Morgan fingerprint density at radius 2 is 2.11 bits per heavy atom. The molecule has 5 heteroatoms. The van der Waals surface area contributed by atoms with Crippen LogP contribution in [0.5, 0.6) is 0 Å². The maximum absolute atomic E-state index is 11.7. The van der Waals surface area contributed by atoms with Crippen LogP contribution in [0, 0.1) is 0 Å². The van der Waals surface area contributed by atoms with Crippen molar-refractivity contribution in [2.45, 2.75) is 6.04 Å².